The number of hydrogen-bond acceptors (Lipinski definition) is 2. The van der Waals surface area contributed by atoms with Gasteiger partial charge in [0, 0.05) is 17.9 Å². The van der Waals surface area contributed by atoms with Gasteiger partial charge in [-0.15, -0.1) is 0 Å². The Kier molecular flexibility index (Phi) is 2.09. The molecule has 0 bridgehead atoms. The molecule has 2 rings (SSSR count). The summed E-state index contributed by atoms with van der Waals surface area (Å²) in [7, 11) is 0. The summed E-state index contributed by atoms with van der Waals surface area (Å²) in [6.45, 7) is 3.20. The summed E-state index contributed by atoms with van der Waals surface area (Å²) in [5.41, 5.74) is 2.50. The molecule has 0 aromatic carbocycles. The average molecular weight is 162 g/mol. The van der Waals surface area contributed by atoms with Crippen LogP contribution in [0.1, 0.15) is 30.1 Å². The van der Waals surface area contributed by atoms with Gasteiger partial charge in [0.1, 0.15) is 0 Å². The second kappa shape index (κ2) is 3.23. The molecule has 64 valence electrons. The van der Waals surface area contributed by atoms with Crippen LogP contribution >= 0.6 is 0 Å². The summed E-state index contributed by atoms with van der Waals surface area (Å²) in [4.78, 5) is 4.18. The lowest BCUT2D eigenvalue weighted by molar-refractivity contribution is 0.646. The van der Waals surface area contributed by atoms with E-state index in [-0.39, 0.29) is 0 Å². The quantitative estimate of drug-likeness (QED) is 0.681. The van der Waals surface area contributed by atoms with E-state index in [1.807, 2.05) is 13.1 Å². The smallest absolute Gasteiger partial charge is 0.0375 e. The first-order valence-electron chi connectivity index (χ1n) is 4.52. The van der Waals surface area contributed by atoms with Gasteiger partial charge in [-0.1, -0.05) is 0 Å². The zero-order valence-electron chi connectivity index (χ0n) is 7.38. The van der Waals surface area contributed by atoms with Crippen molar-refractivity contribution in [2.24, 2.45) is 0 Å². The van der Waals surface area contributed by atoms with Crippen molar-refractivity contribution in [2.75, 3.05) is 6.54 Å². The van der Waals surface area contributed by atoms with E-state index < -0.39 is 0 Å². The van der Waals surface area contributed by atoms with E-state index >= 15 is 0 Å². The Balaban J connectivity index is 2.21. The molecule has 0 aliphatic carbocycles. The zero-order chi connectivity index (χ0) is 8.39. The predicted octanol–water partition coefficient (Wildman–Crippen LogP) is 1.81. The molecular formula is C10H14N2. The summed E-state index contributed by atoms with van der Waals surface area (Å²) in [6, 6.07) is 4.85. The van der Waals surface area contributed by atoms with Crippen molar-refractivity contribution in [1.82, 2.24) is 10.3 Å². The van der Waals surface area contributed by atoms with E-state index in [2.05, 4.69) is 22.4 Å². The van der Waals surface area contributed by atoms with Crippen LogP contribution in [0.15, 0.2) is 18.3 Å². The van der Waals surface area contributed by atoms with E-state index in [9.17, 15) is 0 Å². The molecule has 1 N–H and O–H groups in total. The number of aromatic nitrogens is 1. The number of nitrogens with one attached hydrogen (secondary N) is 1. The Labute approximate surface area is 73.0 Å². The molecule has 0 amide bonds. The standard InChI is InChI=1S/C10H14N2/c1-8-7-9(4-6-11-8)10-3-2-5-12-10/h4,6-7,10,12H,2-3,5H2,1H3/t10-/m0/s1. The topological polar surface area (TPSA) is 24.9 Å². The Morgan fingerprint density at radius 3 is 3.17 bits per heavy atom. The van der Waals surface area contributed by atoms with Gasteiger partial charge in [0.25, 0.3) is 0 Å². The third-order valence-electron chi connectivity index (χ3n) is 2.38. The molecule has 0 saturated carbocycles. The Hall–Kier alpha value is -0.890. The van der Waals surface area contributed by atoms with Gasteiger partial charge in [0.2, 0.25) is 0 Å². The Morgan fingerprint density at radius 1 is 1.58 bits per heavy atom. The highest BCUT2D eigenvalue weighted by molar-refractivity contribution is 5.20. The Morgan fingerprint density at radius 2 is 2.50 bits per heavy atom. The first kappa shape index (κ1) is 7.74. The molecule has 1 aliphatic heterocycles. The first-order chi connectivity index (χ1) is 5.86. The normalized spacial score (nSPS) is 22.9. The lowest BCUT2D eigenvalue weighted by Crippen LogP contribution is -2.12. The van der Waals surface area contributed by atoms with Gasteiger partial charge in [-0.25, -0.2) is 0 Å². The first-order valence-corrected chi connectivity index (χ1v) is 4.52. The highest BCUT2D eigenvalue weighted by Crippen LogP contribution is 2.22. The summed E-state index contributed by atoms with van der Waals surface area (Å²) >= 11 is 0. The second-order valence-corrected chi connectivity index (χ2v) is 3.38. The number of rotatable bonds is 1. The third kappa shape index (κ3) is 1.48. The highest BCUT2D eigenvalue weighted by Gasteiger charge is 2.15. The van der Waals surface area contributed by atoms with E-state index in [0.717, 1.165) is 12.2 Å². The molecule has 12 heavy (non-hydrogen) atoms. The molecule has 0 unspecified atom stereocenters. The van der Waals surface area contributed by atoms with Crippen molar-refractivity contribution in [3.05, 3.63) is 29.6 Å². The minimum Gasteiger partial charge on any atom is -0.310 e. The molecule has 0 radical (unpaired) electrons. The molecule has 1 fully saturated rings. The van der Waals surface area contributed by atoms with Crippen LogP contribution in [0, 0.1) is 6.92 Å². The molecule has 1 atom stereocenters. The second-order valence-electron chi connectivity index (χ2n) is 3.38. The zero-order valence-corrected chi connectivity index (χ0v) is 7.38. The maximum Gasteiger partial charge on any atom is 0.0375 e. The molecule has 0 spiro atoms. The van der Waals surface area contributed by atoms with E-state index in [4.69, 9.17) is 0 Å². The highest BCUT2D eigenvalue weighted by atomic mass is 14.9. The van der Waals surface area contributed by atoms with Crippen LogP contribution in [0.3, 0.4) is 0 Å². The van der Waals surface area contributed by atoms with Crippen molar-refractivity contribution < 1.29 is 0 Å². The van der Waals surface area contributed by atoms with Crippen molar-refractivity contribution in [3.63, 3.8) is 0 Å². The minimum absolute atomic E-state index is 0.576. The van der Waals surface area contributed by atoms with E-state index in [1.54, 1.807) is 0 Å². The molecule has 2 nitrogen and oxygen atoms in total. The van der Waals surface area contributed by atoms with Gasteiger partial charge in [0.05, 0.1) is 0 Å². The monoisotopic (exact) mass is 162 g/mol. The van der Waals surface area contributed by atoms with Crippen LogP contribution < -0.4 is 5.32 Å². The maximum atomic E-state index is 4.18. The minimum atomic E-state index is 0.576. The van der Waals surface area contributed by atoms with Crippen LogP contribution in [0.4, 0.5) is 0 Å². The van der Waals surface area contributed by atoms with Crippen LogP contribution in [-0.4, -0.2) is 11.5 Å². The molecule has 2 heteroatoms. The van der Waals surface area contributed by atoms with Crippen molar-refractivity contribution in [3.8, 4) is 0 Å². The number of aryl methyl sites for hydroxylation is 1. The fourth-order valence-corrected chi connectivity index (χ4v) is 1.75. The van der Waals surface area contributed by atoms with Gasteiger partial charge in [0.15, 0.2) is 0 Å². The fourth-order valence-electron chi connectivity index (χ4n) is 1.75. The fraction of sp³-hybridized carbons (Fsp3) is 0.500. The van der Waals surface area contributed by atoms with Crippen molar-refractivity contribution in [1.29, 1.82) is 0 Å². The van der Waals surface area contributed by atoms with E-state index in [0.29, 0.717) is 6.04 Å². The molecule has 1 aliphatic rings. The van der Waals surface area contributed by atoms with Crippen molar-refractivity contribution >= 4 is 0 Å². The third-order valence-corrected chi connectivity index (χ3v) is 2.38. The summed E-state index contributed by atoms with van der Waals surface area (Å²) in [6.07, 6.45) is 4.46. The van der Waals surface area contributed by atoms with Gasteiger partial charge in [-0.2, -0.15) is 0 Å². The van der Waals surface area contributed by atoms with Gasteiger partial charge in [-0.05, 0) is 44.0 Å². The average Bonchev–Trinajstić information content (AvgIpc) is 2.56. The Bertz CT molecular complexity index is 264. The number of pyridine rings is 1. The van der Waals surface area contributed by atoms with Gasteiger partial charge in [-0.3, -0.25) is 4.98 Å². The summed E-state index contributed by atoms with van der Waals surface area (Å²) < 4.78 is 0. The van der Waals surface area contributed by atoms with Crippen LogP contribution in [-0.2, 0) is 0 Å². The van der Waals surface area contributed by atoms with Crippen LogP contribution in [0.2, 0.25) is 0 Å². The van der Waals surface area contributed by atoms with Gasteiger partial charge < -0.3 is 5.32 Å². The van der Waals surface area contributed by atoms with E-state index in [1.165, 1.54) is 18.4 Å². The largest absolute Gasteiger partial charge is 0.310 e. The molecule has 1 saturated heterocycles. The van der Waals surface area contributed by atoms with Gasteiger partial charge >= 0.3 is 0 Å². The summed E-state index contributed by atoms with van der Waals surface area (Å²) in [5, 5.41) is 3.47. The lowest BCUT2D eigenvalue weighted by atomic mass is 10.1. The lowest BCUT2D eigenvalue weighted by Gasteiger charge is -2.09. The molecule has 1 aromatic rings. The number of nitrogens with zero attached hydrogens (tertiary/aromatic N) is 1. The molecule has 2 heterocycles. The summed E-state index contributed by atoms with van der Waals surface area (Å²) in [5.74, 6) is 0. The van der Waals surface area contributed by atoms with Crippen molar-refractivity contribution in [2.45, 2.75) is 25.8 Å². The SMILES string of the molecule is Cc1cc([C@@H]2CCCN2)ccn1. The number of hydrogen-bond donors (Lipinski definition) is 1. The van der Waals surface area contributed by atoms with Crippen LogP contribution in [0.5, 0.6) is 0 Å². The predicted molar refractivity (Wildman–Crippen MR) is 49.0 cm³/mol. The molecule has 1 aromatic heterocycles. The maximum absolute atomic E-state index is 4.18. The van der Waals surface area contributed by atoms with Crippen LogP contribution in [0.25, 0.3) is 0 Å². The molecular weight excluding hydrogens is 148 g/mol.